The molecule has 1 N–H and O–H groups in total. The van der Waals surface area contributed by atoms with Gasteiger partial charge in [-0.2, -0.15) is 0 Å². The van der Waals surface area contributed by atoms with E-state index in [2.05, 4.69) is 28.5 Å². The van der Waals surface area contributed by atoms with Gasteiger partial charge in [-0.25, -0.2) is 14.6 Å². The molecule has 1 aliphatic heterocycles. The molecule has 9 nitrogen and oxygen atoms in total. The van der Waals surface area contributed by atoms with Gasteiger partial charge >= 0.3 is 12.2 Å². The van der Waals surface area contributed by atoms with Crippen LogP contribution in [0.5, 0.6) is 0 Å². The quantitative estimate of drug-likeness (QED) is 0.308. The number of halogens is 1. The summed E-state index contributed by atoms with van der Waals surface area (Å²) >= 11 is 6.70. The second kappa shape index (κ2) is 12.2. The van der Waals surface area contributed by atoms with E-state index in [-0.39, 0.29) is 24.0 Å². The van der Waals surface area contributed by atoms with Crippen LogP contribution in [0.2, 0.25) is 5.02 Å². The van der Waals surface area contributed by atoms with Crippen LogP contribution in [0.25, 0.3) is 11.6 Å². The molecule has 4 aliphatic rings. The van der Waals surface area contributed by atoms with Crippen molar-refractivity contribution in [3.05, 3.63) is 82.2 Å². The summed E-state index contributed by atoms with van der Waals surface area (Å²) in [5, 5.41) is 3.79. The number of pyridine rings is 1. The van der Waals surface area contributed by atoms with Gasteiger partial charge in [-0.3, -0.25) is 4.98 Å². The van der Waals surface area contributed by atoms with Crippen LogP contribution < -0.4 is 5.32 Å². The minimum absolute atomic E-state index is 0.0280. The average molecular weight is 630 g/mol. The Bertz CT molecular complexity index is 1620. The van der Waals surface area contributed by atoms with E-state index < -0.39 is 17.7 Å². The number of benzene rings is 1. The number of nitrogens with zero attached hydrogens (tertiary/aromatic N) is 4. The maximum absolute atomic E-state index is 13.3. The molecule has 3 heterocycles. The van der Waals surface area contributed by atoms with Crippen LogP contribution in [0.3, 0.4) is 0 Å². The maximum atomic E-state index is 13.3. The predicted molar refractivity (Wildman–Crippen MR) is 172 cm³/mol. The highest BCUT2D eigenvalue weighted by Crippen LogP contribution is 2.48. The minimum atomic E-state index is -0.552. The predicted octanol–water partition coefficient (Wildman–Crippen LogP) is 7.27. The van der Waals surface area contributed by atoms with Gasteiger partial charge in [0.15, 0.2) is 0 Å². The number of imidazole rings is 1. The summed E-state index contributed by atoms with van der Waals surface area (Å²) in [6.07, 6.45) is 14.4. The highest BCUT2D eigenvalue weighted by atomic mass is 35.5. The Morgan fingerprint density at radius 1 is 1.11 bits per heavy atom. The molecule has 0 spiro atoms. The number of amides is 2. The van der Waals surface area contributed by atoms with E-state index in [1.54, 1.807) is 12.5 Å². The molecule has 3 aromatic rings. The second-order valence-corrected chi connectivity index (χ2v) is 13.7. The standard InChI is InChI=1S/C35H40ClN5O4/c1-35(13-14-35)45-33(42)39-32(29-20-37-21-40(29)2)28-18-23-6-5-15-38-31(23)30(26-10-9-24(36)19-27(26)28)22-11-16-41(17-12-22)34(43)44-25-7-3-4-8-25/h5-6,9-10,15,18-22,25,30,32H,3-4,7-8,11-14,16-17H2,1-2H3,(H,39,42). The van der Waals surface area contributed by atoms with Gasteiger partial charge in [0.05, 0.1) is 30.0 Å². The number of alkyl carbamates (subject to hydrolysis) is 1. The molecule has 1 saturated heterocycles. The molecule has 2 amide bonds. The number of fused-ring (bicyclic) bond motifs is 2. The Morgan fingerprint density at radius 3 is 2.60 bits per heavy atom. The fourth-order valence-corrected chi connectivity index (χ4v) is 7.39. The number of rotatable bonds is 6. The third-order valence-electron chi connectivity index (χ3n) is 9.99. The fourth-order valence-electron chi connectivity index (χ4n) is 7.21. The molecule has 0 bridgehead atoms. The molecule has 7 rings (SSSR count). The largest absolute Gasteiger partial charge is 0.446 e. The van der Waals surface area contributed by atoms with Gasteiger partial charge < -0.3 is 24.3 Å². The van der Waals surface area contributed by atoms with Crippen molar-refractivity contribution in [3.8, 4) is 0 Å². The van der Waals surface area contributed by atoms with Crippen LogP contribution in [0.4, 0.5) is 9.59 Å². The van der Waals surface area contributed by atoms with E-state index >= 15 is 0 Å². The number of carbonyl (C=O) groups excluding carboxylic acids is 2. The molecule has 0 radical (unpaired) electrons. The fraction of sp³-hybridized carbons (Fsp3) is 0.486. The number of nitrogens with one attached hydrogen (secondary N) is 1. The monoisotopic (exact) mass is 629 g/mol. The van der Waals surface area contributed by atoms with Crippen LogP contribution in [0, 0.1) is 5.92 Å². The Kier molecular flexibility index (Phi) is 8.06. The number of likely N-dealkylation sites (tertiary alicyclic amines) is 1. The SMILES string of the molecule is Cn1cncc1C(NC(=O)OC1(C)CC1)C1=Cc2cccnc2C(C2CCN(C(=O)OC3CCCC3)CC2)c2ccc(Cl)cc21. The Balaban J connectivity index is 1.24. The third-order valence-corrected chi connectivity index (χ3v) is 10.2. The molecule has 2 atom stereocenters. The van der Waals surface area contributed by atoms with Gasteiger partial charge in [0.2, 0.25) is 0 Å². The molecule has 2 unspecified atom stereocenters. The lowest BCUT2D eigenvalue weighted by atomic mass is 9.75. The van der Waals surface area contributed by atoms with Crippen molar-refractivity contribution in [2.45, 2.75) is 82.0 Å². The van der Waals surface area contributed by atoms with Crippen LogP contribution in [0.15, 0.2) is 49.1 Å². The molecular weight excluding hydrogens is 590 g/mol. The van der Waals surface area contributed by atoms with Gasteiger partial charge in [-0.05, 0) is 111 Å². The Labute approximate surface area is 269 Å². The van der Waals surface area contributed by atoms with E-state index in [9.17, 15) is 9.59 Å². The van der Waals surface area contributed by atoms with Gasteiger partial charge in [0, 0.05) is 37.3 Å². The molecule has 2 saturated carbocycles. The minimum Gasteiger partial charge on any atom is -0.446 e. The summed E-state index contributed by atoms with van der Waals surface area (Å²) in [5.41, 5.74) is 5.33. The van der Waals surface area contributed by atoms with Crippen LogP contribution >= 0.6 is 11.6 Å². The van der Waals surface area contributed by atoms with Crippen LogP contribution in [-0.2, 0) is 16.5 Å². The smallest absolute Gasteiger partial charge is 0.410 e. The number of piperidine rings is 1. The first kappa shape index (κ1) is 29.8. The van der Waals surface area contributed by atoms with Crippen molar-refractivity contribution < 1.29 is 19.1 Å². The van der Waals surface area contributed by atoms with E-state index in [0.717, 1.165) is 85.0 Å². The Hall–Kier alpha value is -3.85. The van der Waals surface area contributed by atoms with Crippen molar-refractivity contribution in [2.24, 2.45) is 13.0 Å². The lowest BCUT2D eigenvalue weighted by Crippen LogP contribution is -2.41. The van der Waals surface area contributed by atoms with Crippen LogP contribution in [-0.4, -0.2) is 56.4 Å². The summed E-state index contributed by atoms with van der Waals surface area (Å²) in [7, 11) is 1.92. The number of hydrogen-bond donors (Lipinski definition) is 1. The van der Waals surface area contributed by atoms with Crippen LogP contribution in [0.1, 0.15) is 98.3 Å². The van der Waals surface area contributed by atoms with Crippen molar-refractivity contribution in [2.75, 3.05) is 13.1 Å². The number of aromatic nitrogens is 3. The molecule has 3 aliphatic carbocycles. The normalized spacial score (nSPS) is 21.6. The zero-order valence-electron chi connectivity index (χ0n) is 25.9. The zero-order chi connectivity index (χ0) is 31.1. The summed E-state index contributed by atoms with van der Waals surface area (Å²) in [6.45, 7) is 3.24. The lowest BCUT2D eigenvalue weighted by Gasteiger charge is -2.36. The number of hydrogen-bond acceptors (Lipinski definition) is 6. The first-order valence-corrected chi connectivity index (χ1v) is 16.5. The van der Waals surface area contributed by atoms with E-state index in [1.807, 2.05) is 47.8 Å². The number of ether oxygens (including phenoxy) is 2. The number of aryl methyl sites for hydroxylation is 1. The molecule has 1 aromatic carbocycles. The molecule has 45 heavy (non-hydrogen) atoms. The summed E-state index contributed by atoms with van der Waals surface area (Å²) in [6, 6.07) is 9.51. The molecule has 10 heteroatoms. The molecule has 3 fully saturated rings. The first-order valence-electron chi connectivity index (χ1n) is 16.2. The van der Waals surface area contributed by atoms with Crippen molar-refractivity contribution in [1.29, 1.82) is 0 Å². The van der Waals surface area contributed by atoms with E-state index in [1.165, 1.54) is 0 Å². The second-order valence-electron chi connectivity index (χ2n) is 13.2. The highest BCUT2D eigenvalue weighted by molar-refractivity contribution is 6.30. The summed E-state index contributed by atoms with van der Waals surface area (Å²) < 4.78 is 13.6. The Morgan fingerprint density at radius 2 is 1.89 bits per heavy atom. The average Bonchev–Trinajstić information content (AvgIpc) is 3.35. The zero-order valence-corrected chi connectivity index (χ0v) is 26.6. The molecule has 236 valence electrons. The summed E-state index contributed by atoms with van der Waals surface area (Å²) in [4.78, 5) is 37.5. The maximum Gasteiger partial charge on any atom is 0.410 e. The van der Waals surface area contributed by atoms with Gasteiger partial charge in [0.1, 0.15) is 11.7 Å². The summed E-state index contributed by atoms with van der Waals surface area (Å²) in [5.74, 6) is 0.212. The highest BCUT2D eigenvalue weighted by Gasteiger charge is 2.43. The van der Waals surface area contributed by atoms with Gasteiger partial charge in [-0.15, -0.1) is 0 Å². The van der Waals surface area contributed by atoms with Crippen molar-refractivity contribution in [3.63, 3.8) is 0 Å². The topological polar surface area (TPSA) is 98.6 Å². The third kappa shape index (κ3) is 6.19. The van der Waals surface area contributed by atoms with Crippen molar-refractivity contribution >= 4 is 35.4 Å². The molecule has 2 aromatic heterocycles. The van der Waals surface area contributed by atoms with E-state index in [4.69, 9.17) is 26.1 Å². The first-order chi connectivity index (χ1) is 21.8. The van der Waals surface area contributed by atoms with E-state index in [0.29, 0.717) is 18.1 Å². The van der Waals surface area contributed by atoms with Gasteiger partial charge in [0.25, 0.3) is 0 Å². The van der Waals surface area contributed by atoms with Crippen molar-refractivity contribution in [1.82, 2.24) is 24.8 Å². The van der Waals surface area contributed by atoms with Gasteiger partial charge in [-0.1, -0.05) is 23.7 Å². The number of carbonyl (C=O) groups is 2. The lowest BCUT2D eigenvalue weighted by molar-refractivity contribution is 0.0542. The molecular formula is C35H40ClN5O4.